The Balaban J connectivity index is 1.31. The summed E-state index contributed by atoms with van der Waals surface area (Å²) in [6.45, 7) is 4.59. The highest BCUT2D eigenvalue weighted by atomic mass is 16.5. The summed E-state index contributed by atoms with van der Waals surface area (Å²) in [6, 6.07) is 25.8. The Hall–Kier alpha value is -3.11. The second kappa shape index (κ2) is 10.1. The third-order valence-electron chi connectivity index (χ3n) is 5.67. The van der Waals surface area contributed by atoms with Gasteiger partial charge in [0.1, 0.15) is 18.9 Å². The molecule has 1 heterocycles. The molecule has 1 saturated heterocycles. The summed E-state index contributed by atoms with van der Waals surface area (Å²) in [5.41, 5.74) is 4.25. The Morgan fingerprint density at radius 2 is 1.50 bits per heavy atom. The zero-order valence-corrected chi connectivity index (χ0v) is 17.3. The molecule has 0 spiro atoms. The predicted octanol–water partition coefficient (Wildman–Crippen LogP) is 3.37. The van der Waals surface area contributed by atoms with Crippen molar-refractivity contribution in [1.29, 1.82) is 0 Å². The van der Waals surface area contributed by atoms with Crippen molar-refractivity contribution in [3.63, 3.8) is 0 Å². The maximum atomic E-state index is 12.6. The first-order chi connectivity index (χ1) is 14.8. The van der Waals surface area contributed by atoms with Crippen molar-refractivity contribution in [3.05, 3.63) is 101 Å². The lowest BCUT2D eigenvalue weighted by Gasteiger charge is -2.15. The topological polar surface area (TPSA) is 42.8 Å². The molecule has 154 valence electrons. The van der Waals surface area contributed by atoms with Gasteiger partial charge in [0.05, 0.1) is 13.1 Å². The molecule has 0 radical (unpaired) electrons. The molecular weight excluding hydrogens is 372 g/mol. The van der Waals surface area contributed by atoms with E-state index >= 15 is 0 Å². The lowest BCUT2D eigenvalue weighted by Crippen LogP contribution is -3.08. The first-order valence-corrected chi connectivity index (χ1v) is 10.7. The van der Waals surface area contributed by atoms with Gasteiger partial charge in [0.15, 0.2) is 0 Å². The molecular formula is C26H29N2O2+. The maximum Gasteiger partial charge on any atom is 0.251 e. The number of nitrogens with one attached hydrogen (secondary N) is 2. The molecule has 3 aromatic carbocycles. The zero-order valence-electron chi connectivity index (χ0n) is 17.3. The van der Waals surface area contributed by atoms with Crippen LogP contribution in [0.2, 0.25) is 0 Å². The van der Waals surface area contributed by atoms with Crippen molar-refractivity contribution in [3.8, 4) is 5.75 Å². The van der Waals surface area contributed by atoms with Gasteiger partial charge in [-0.2, -0.15) is 0 Å². The average Bonchev–Trinajstić information content (AvgIpc) is 3.31. The Morgan fingerprint density at radius 1 is 0.833 bits per heavy atom. The fraction of sp³-hybridized carbons (Fsp3) is 0.269. The van der Waals surface area contributed by atoms with Crippen molar-refractivity contribution in [2.75, 3.05) is 13.1 Å². The van der Waals surface area contributed by atoms with Gasteiger partial charge in [0, 0.05) is 30.5 Å². The number of para-hydroxylation sites is 1. The van der Waals surface area contributed by atoms with E-state index in [9.17, 15) is 4.79 Å². The van der Waals surface area contributed by atoms with Gasteiger partial charge in [-0.1, -0.05) is 54.6 Å². The molecule has 4 nitrogen and oxygen atoms in total. The van der Waals surface area contributed by atoms with Gasteiger partial charge in [-0.25, -0.2) is 0 Å². The number of hydrogen-bond donors (Lipinski definition) is 2. The minimum Gasteiger partial charge on any atom is -0.489 e. The fourth-order valence-corrected chi connectivity index (χ4v) is 3.94. The molecule has 4 heteroatoms. The van der Waals surface area contributed by atoms with Gasteiger partial charge in [-0.15, -0.1) is 0 Å². The van der Waals surface area contributed by atoms with Crippen molar-refractivity contribution < 1.29 is 14.4 Å². The molecule has 1 amide bonds. The van der Waals surface area contributed by atoms with E-state index < -0.39 is 0 Å². The number of likely N-dealkylation sites (tertiary alicyclic amines) is 1. The number of ether oxygens (including phenoxy) is 1. The molecule has 0 aliphatic carbocycles. The second-order valence-electron chi connectivity index (χ2n) is 7.88. The average molecular weight is 402 g/mol. The lowest BCUT2D eigenvalue weighted by molar-refractivity contribution is -0.901. The SMILES string of the molecule is O=C(NCc1ccccc1C[NH+]1CCCC1)c1ccc(COc2ccccc2)cc1. The van der Waals surface area contributed by atoms with E-state index in [2.05, 4.69) is 23.5 Å². The highest BCUT2D eigenvalue weighted by Crippen LogP contribution is 2.13. The quantitative estimate of drug-likeness (QED) is 0.608. The number of carbonyl (C=O) groups is 1. The molecule has 1 aliphatic rings. The largest absolute Gasteiger partial charge is 0.489 e. The predicted molar refractivity (Wildman–Crippen MR) is 118 cm³/mol. The van der Waals surface area contributed by atoms with Crippen LogP contribution in [-0.2, 0) is 19.7 Å². The van der Waals surface area contributed by atoms with Crippen LogP contribution in [0.5, 0.6) is 5.75 Å². The van der Waals surface area contributed by atoms with Crippen LogP contribution in [0.3, 0.4) is 0 Å². The van der Waals surface area contributed by atoms with Gasteiger partial charge < -0.3 is 15.0 Å². The van der Waals surface area contributed by atoms with Gasteiger partial charge >= 0.3 is 0 Å². The Bertz CT molecular complexity index is 948. The maximum absolute atomic E-state index is 12.6. The smallest absolute Gasteiger partial charge is 0.251 e. The third-order valence-corrected chi connectivity index (χ3v) is 5.67. The van der Waals surface area contributed by atoms with Crippen LogP contribution < -0.4 is 15.0 Å². The number of rotatable bonds is 8. The van der Waals surface area contributed by atoms with E-state index in [0.29, 0.717) is 18.7 Å². The molecule has 2 N–H and O–H groups in total. The number of quaternary nitrogens is 1. The van der Waals surface area contributed by atoms with Gasteiger partial charge in [-0.05, 0) is 35.4 Å². The van der Waals surface area contributed by atoms with E-state index in [1.807, 2.05) is 60.7 Å². The minimum atomic E-state index is -0.0474. The van der Waals surface area contributed by atoms with E-state index in [-0.39, 0.29) is 5.91 Å². The van der Waals surface area contributed by atoms with Crippen molar-refractivity contribution >= 4 is 5.91 Å². The highest BCUT2D eigenvalue weighted by molar-refractivity contribution is 5.94. The molecule has 30 heavy (non-hydrogen) atoms. The Kier molecular flexibility index (Phi) is 6.78. The van der Waals surface area contributed by atoms with Crippen LogP contribution in [-0.4, -0.2) is 19.0 Å². The van der Waals surface area contributed by atoms with E-state index in [0.717, 1.165) is 17.9 Å². The zero-order chi connectivity index (χ0) is 20.6. The minimum absolute atomic E-state index is 0.0474. The Morgan fingerprint density at radius 3 is 2.23 bits per heavy atom. The van der Waals surface area contributed by atoms with Gasteiger partial charge in [0.25, 0.3) is 5.91 Å². The molecule has 1 aliphatic heterocycles. The van der Waals surface area contributed by atoms with E-state index in [4.69, 9.17) is 4.74 Å². The normalized spacial score (nSPS) is 13.9. The molecule has 0 atom stereocenters. The summed E-state index contributed by atoms with van der Waals surface area (Å²) in [4.78, 5) is 14.3. The molecule has 1 fully saturated rings. The number of benzene rings is 3. The number of carbonyl (C=O) groups excluding carboxylic acids is 1. The molecule has 0 aromatic heterocycles. The van der Waals surface area contributed by atoms with Gasteiger partial charge in [-0.3, -0.25) is 4.79 Å². The summed E-state index contributed by atoms with van der Waals surface area (Å²) in [7, 11) is 0. The third kappa shape index (κ3) is 5.49. The van der Waals surface area contributed by atoms with Crippen LogP contribution in [0, 0.1) is 0 Å². The second-order valence-corrected chi connectivity index (χ2v) is 7.88. The summed E-state index contributed by atoms with van der Waals surface area (Å²) >= 11 is 0. The first-order valence-electron chi connectivity index (χ1n) is 10.7. The van der Waals surface area contributed by atoms with E-state index in [1.165, 1.54) is 37.1 Å². The monoisotopic (exact) mass is 401 g/mol. The van der Waals surface area contributed by atoms with Crippen molar-refractivity contribution in [2.45, 2.75) is 32.5 Å². The standard InChI is InChI=1S/C26H28N2O2/c29-26(22-14-12-21(13-15-22)20-30-25-10-2-1-3-11-25)27-18-23-8-4-5-9-24(23)19-28-16-6-7-17-28/h1-5,8-15H,6-7,16-20H2,(H,27,29)/p+1. The van der Waals surface area contributed by atoms with Crippen LogP contribution in [0.25, 0.3) is 0 Å². The number of hydrogen-bond acceptors (Lipinski definition) is 2. The van der Waals surface area contributed by atoms with Crippen LogP contribution >= 0.6 is 0 Å². The summed E-state index contributed by atoms with van der Waals surface area (Å²) in [6.07, 6.45) is 2.64. The molecule has 0 bridgehead atoms. The van der Waals surface area contributed by atoms with Crippen LogP contribution in [0.4, 0.5) is 0 Å². The molecule has 0 saturated carbocycles. The number of amides is 1. The van der Waals surface area contributed by atoms with E-state index in [1.54, 1.807) is 4.90 Å². The van der Waals surface area contributed by atoms with Gasteiger partial charge in [0.2, 0.25) is 0 Å². The van der Waals surface area contributed by atoms with Crippen molar-refractivity contribution in [2.24, 2.45) is 0 Å². The molecule has 0 unspecified atom stereocenters. The summed E-state index contributed by atoms with van der Waals surface area (Å²) < 4.78 is 5.76. The Labute approximate surface area is 178 Å². The van der Waals surface area contributed by atoms with Crippen molar-refractivity contribution in [1.82, 2.24) is 5.32 Å². The lowest BCUT2D eigenvalue weighted by atomic mass is 10.1. The summed E-state index contributed by atoms with van der Waals surface area (Å²) in [5.74, 6) is 0.794. The van der Waals surface area contributed by atoms with Crippen LogP contribution in [0.15, 0.2) is 78.9 Å². The van der Waals surface area contributed by atoms with Crippen LogP contribution in [0.1, 0.15) is 39.9 Å². The summed E-state index contributed by atoms with van der Waals surface area (Å²) in [5, 5.41) is 3.08. The fourth-order valence-electron chi connectivity index (χ4n) is 3.94. The molecule has 4 rings (SSSR count). The highest BCUT2D eigenvalue weighted by Gasteiger charge is 2.17. The molecule has 3 aromatic rings. The first kappa shape index (κ1) is 20.2.